The first kappa shape index (κ1) is 49.8. The third kappa shape index (κ3) is 140. The van der Waals surface area contributed by atoms with Gasteiger partial charge in [-0.25, -0.2) is 9.13 Å². The molecule has 0 amide bonds. The maximum Gasteiger partial charge on any atom is 2.00 e. The average Bonchev–Trinajstić information content (AvgIpc) is 1.12. The second-order valence-corrected chi connectivity index (χ2v) is 3.08. The third-order valence-electron chi connectivity index (χ3n) is 0. The fourth-order valence-corrected chi connectivity index (χ4v) is 0. The van der Waals surface area contributed by atoms with Gasteiger partial charge in [0.05, 0.1) is 0 Å². The van der Waals surface area contributed by atoms with Gasteiger partial charge in [0.25, 0.3) is 0 Å². The first-order chi connectivity index (χ1) is 4.00. The fraction of sp³-hybridized carbons (Fsp3) is 0. The molecule has 0 aromatic rings. The molecule has 0 spiro atoms. The Morgan fingerprint density at radius 3 is 0.625 bits per heavy atom. The Balaban J connectivity index is -0.00000000314. The second kappa shape index (κ2) is 28.6. The summed E-state index contributed by atoms with van der Waals surface area (Å²) in [5.41, 5.74) is 0. The zero-order valence-electron chi connectivity index (χ0n) is 13.6. The molecule has 16 heteroatoms. The van der Waals surface area contributed by atoms with Crippen LogP contribution in [-0.2, 0) is 9.13 Å². The average molecular weight is 697 g/mol. The van der Waals surface area contributed by atoms with Crippen molar-refractivity contribution in [3.8, 4) is 0 Å². The zero-order valence-corrected chi connectivity index (χ0v) is 23.7. The van der Waals surface area contributed by atoms with Crippen molar-refractivity contribution in [2.45, 2.75) is 0 Å². The number of phosphoric acid groups is 2. The van der Waals surface area contributed by atoms with E-state index < -0.39 is 15.6 Å². The summed E-state index contributed by atoms with van der Waals surface area (Å²) in [4.78, 5) is 43.1. The minimum absolute atomic E-state index is 0. The van der Waals surface area contributed by atoms with Gasteiger partial charge in [-0.1, -0.05) is 0 Å². The number of hydrogen-bond donors (Lipinski definition) is 6. The topological polar surface area (TPSA) is 156 Å². The maximum atomic E-state index is 8.88. The predicted octanol–water partition coefficient (Wildman–Crippen LogP) is -2.32. The van der Waals surface area contributed by atoms with E-state index in [1.165, 1.54) is 0 Å². The van der Waals surface area contributed by atoms with E-state index >= 15 is 0 Å². The fourth-order valence-electron chi connectivity index (χ4n) is 0. The monoisotopic (exact) mass is 699 g/mol. The molecule has 0 aliphatic rings. The van der Waals surface area contributed by atoms with Crippen LogP contribution in [0.25, 0.3) is 0 Å². The van der Waals surface area contributed by atoms with Crippen molar-refractivity contribution in [3.63, 3.8) is 0 Å². The van der Waals surface area contributed by atoms with Crippen LogP contribution in [-0.4, -0.2) is 166 Å². The van der Waals surface area contributed by atoms with Crippen molar-refractivity contribution in [1.82, 2.24) is 0 Å². The molecule has 0 fully saturated rings. The van der Waals surface area contributed by atoms with E-state index in [-0.39, 0.29) is 270 Å². The van der Waals surface area contributed by atoms with Gasteiger partial charge in [-0.15, -0.1) is 0 Å². The van der Waals surface area contributed by atoms with E-state index in [9.17, 15) is 0 Å². The summed E-state index contributed by atoms with van der Waals surface area (Å²) >= 11 is 0. The van der Waals surface area contributed by atoms with Crippen LogP contribution >= 0.6 is 15.6 Å². The van der Waals surface area contributed by atoms with Gasteiger partial charge in [0.15, 0.2) is 0 Å². The third-order valence-corrected chi connectivity index (χ3v) is 0. The Hall–Kier alpha value is 8.77. The predicted molar refractivity (Wildman–Crippen MR) is 52.5 cm³/mol. The molecule has 0 unspecified atom stereocenters. The van der Waals surface area contributed by atoms with E-state index in [1.807, 2.05) is 0 Å². The minimum atomic E-state index is -4.64. The van der Waals surface area contributed by atoms with Gasteiger partial charge in [0.1, 0.15) is 0 Å². The van der Waals surface area contributed by atoms with Gasteiger partial charge in [0.2, 0.25) is 0 Å². The van der Waals surface area contributed by atoms with Gasteiger partial charge in [-0.05, 0) is 0 Å². The van der Waals surface area contributed by atoms with Gasteiger partial charge < -0.3 is 37.9 Å². The summed E-state index contributed by atoms with van der Waals surface area (Å²) in [6.45, 7) is 0. The molecule has 0 aromatic heterocycles. The second-order valence-electron chi connectivity index (χ2n) is 1.03. The van der Waals surface area contributed by atoms with E-state index in [0.717, 1.165) is 0 Å². The SMILES string of the molecule is O=P(O)(O)O.O=P(O)(O)O.[Ar].[Ar].[Eu].[H-].[H-].[H-].[H-].[H-].[H-].[Sr+2].[Sr+2].[Sr+2]. The molecular formula is H12Ar2EuO8P2Sr3. The number of hydrogen-bond acceptors (Lipinski definition) is 2. The van der Waals surface area contributed by atoms with Crippen molar-refractivity contribution in [1.29, 1.82) is 0 Å². The normalized spacial score (nSPS) is 7.38. The summed E-state index contributed by atoms with van der Waals surface area (Å²) in [7, 11) is -9.28. The molecule has 0 rings (SSSR count). The smallest absolute Gasteiger partial charge is 1.00 e. The van der Waals surface area contributed by atoms with Crippen LogP contribution in [0.5, 0.6) is 0 Å². The Kier molecular flexibility index (Phi) is 88.8. The van der Waals surface area contributed by atoms with Crippen LogP contribution in [0.4, 0.5) is 0 Å². The van der Waals surface area contributed by atoms with E-state index in [0.29, 0.717) is 0 Å². The van der Waals surface area contributed by atoms with Gasteiger partial charge >= 0.3 is 152 Å². The Morgan fingerprint density at radius 1 is 0.625 bits per heavy atom. The quantitative estimate of drug-likeness (QED) is 0.122. The van der Waals surface area contributed by atoms with Crippen LogP contribution < -0.4 is 0 Å². The standard InChI is InChI=1S/2Ar.Eu.2H3O4P.3Sr.6H/c;;;2*1-5(2,3)4;;;;;;;;;/h;;;2*(H3,1,2,3,4);;;;;;;;;/q;;;;;3*+2;6*-1. The number of rotatable bonds is 0. The molecule has 99 valence electrons. The van der Waals surface area contributed by atoms with Gasteiger partial charge in [0, 0.05) is 125 Å². The van der Waals surface area contributed by atoms with Gasteiger partial charge in [-0.3, -0.25) is 0 Å². The zero-order chi connectivity index (χ0) is 9.00. The van der Waals surface area contributed by atoms with Crippen molar-refractivity contribution in [2.75, 3.05) is 0 Å². The molecule has 0 heterocycles. The molecule has 0 atom stereocenters. The largest absolute Gasteiger partial charge is 2.00 e. The molecule has 8 nitrogen and oxygen atoms in total. The molecule has 6 N–H and O–H groups in total. The Morgan fingerprint density at radius 2 is 0.625 bits per heavy atom. The van der Waals surface area contributed by atoms with Crippen molar-refractivity contribution < 1.29 is 172 Å². The summed E-state index contributed by atoms with van der Waals surface area (Å²) in [6, 6.07) is 0. The molecule has 16 heavy (non-hydrogen) atoms. The molecule has 0 aliphatic carbocycles. The molecule has 0 aliphatic heterocycles. The van der Waals surface area contributed by atoms with Crippen LogP contribution in [0.1, 0.15) is 8.56 Å². The van der Waals surface area contributed by atoms with E-state index in [4.69, 9.17) is 38.5 Å². The molecule has 1 radical (unpaired) electrons. The van der Waals surface area contributed by atoms with Crippen LogP contribution in [0.15, 0.2) is 0 Å². The van der Waals surface area contributed by atoms with Crippen LogP contribution in [0, 0.1) is 125 Å². The molecule has 0 aromatic carbocycles. The molecule has 0 bridgehead atoms. The summed E-state index contributed by atoms with van der Waals surface area (Å²) in [6.07, 6.45) is 0. The Bertz CT molecular complexity index is 162. The molecular weight excluding hydrogens is 685 g/mol. The van der Waals surface area contributed by atoms with E-state index in [2.05, 4.69) is 0 Å². The van der Waals surface area contributed by atoms with E-state index in [1.54, 1.807) is 0 Å². The van der Waals surface area contributed by atoms with Crippen molar-refractivity contribution >= 4 is 152 Å². The van der Waals surface area contributed by atoms with Crippen molar-refractivity contribution in [3.05, 3.63) is 0 Å². The van der Waals surface area contributed by atoms with Crippen LogP contribution in [0.2, 0.25) is 0 Å². The maximum absolute atomic E-state index is 8.88. The van der Waals surface area contributed by atoms with Gasteiger partial charge in [-0.2, -0.15) is 0 Å². The summed E-state index contributed by atoms with van der Waals surface area (Å²) in [5, 5.41) is 0. The first-order valence-corrected chi connectivity index (χ1v) is 4.70. The Labute approximate surface area is 314 Å². The van der Waals surface area contributed by atoms with Crippen molar-refractivity contribution in [2.24, 2.45) is 0 Å². The molecule has 0 saturated heterocycles. The molecule has 0 saturated carbocycles. The van der Waals surface area contributed by atoms with Crippen LogP contribution in [0.3, 0.4) is 0 Å². The first-order valence-electron chi connectivity index (χ1n) is 1.57. The minimum Gasteiger partial charge on any atom is -1.00 e. The summed E-state index contributed by atoms with van der Waals surface area (Å²) < 4.78 is 17.8. The summed E-state index contributed by atoms with van der Waals surface area (Å²) in [5.74, 6) is 0.